The zero-order valence-corrected chi connectivity index (χ0v) is 14.6. The summed E-state index contributed by atoms with van der Waals surface area (Å²) < 4.78 is 0. The van der Waals surface area contributed by atoms with Crippen molar-refractivity contribution in [2.75, 3.05) is 44.2 Å². The van der Waals surface area contributed by atoms with Crippen LogP contribution in [-0.2, 0) is 4.79 Å². The molecule has 0 spiro atoms. The summed E-state index contributed by atoms with van der Waals surface area (Å²) >= 11 is 1.65. The fraction of sp³-hybridized carbons (Fsp3) is 0.588. The second-order valence-electron chi connectivity index (χ2n) is 6.69. The number of nitrogens with one attached hydrogen (secondary N) is 1. The van der Waals surface area contributed by atoms with Crippen molar-refractivity contribution in [3.05, 3.63) is 18.3 Å². The molecule has 2 aromatic heterocycles. The van der Waals surface area contributed by atoms with Crippen molar-refractivity contribution in [1.29, 1.82) is 0 Å². The minimum Gasteiger partial charge on any atom is -0.355 e. The molecule has 1 saturated carbocycles. The van der Waals surface area contributed by atoms with Crippen LogP contribution in [0.4, 0.5) is 5.13 Å². The molecule has 0 atom stereocenters. The molecule has 0 radical (unpaired) electrons. The first-order valence-corrected chi connectivity index (χ1v) is 9.55. The summed E-state index contributed by atoms with van der Waals surface area (Å²) in [6.07, 6.45) is 5.68. The molecule has 6 nitrogen and oxygen atoms in total. The minimum atomic E-state index is 0.166. The zero-order valence-electron chi connectivity index (χ0n) is 13.8. The van der Waals surface area contributed by atoms with Gasteiger partial charge in [0.25, 0.3) is 0 Å². The summed E-state index contributed by atoms with van der Waals surface area (Å²) in [6.45, 7) is 5.01. The number of fused-ring (bicyclic) bond motifs is 1. The number of piperazine rings is 1. The number of carbonyl (C=O) groups is 1. The Morgan fingerprint density at radius 1 is 1.29 bits per heavy atom. The second kappa shape index (κ2) is 7.03. The first kappa shape index (κ1) is 15.8. The smallest absolute Gasteiger partial charge is 0.234 e. The van der Waals surface area contributed by atoms with Gasteiger partial charge in [0, 0.05) is 38.9 Å². The van der Waals surface area contributed by atoms with Crippen molar-refractivity contribution in [1.82, 2.24) is 20.2 Å². The van der Waals surface area contributed by atoms with Gasteiger partial charge in [-0.15, -0.1) is 0 Å². The molecule has 1 aliphatic carbocycles. The van der Waals surface area contributed by atoms with Gasteiger partial charge in [-0.2, -0.15) is 0 Å². The molecule has 0 aromatic carbocycles. The van der Waals surface area contributed by atoms with E-state index in [9.17, 15) is 4.79 Å². The fourth-order valence-corrected chi connectivity index (χ4v) is 4.17. The van der Waals surface area contributed by atoms with Crippen LogP contribution in [-0.4, -0.2) is 60.0 Å². The molecular formula is C17H23N5OS. The lowest BCUT2D eigenvalue weighted by Crippen LogP contribution is -2.50. The summed E-state index contributed by atoms with van der Waals surface area (Å²) in [6, 6.07) is 3.93. The van der Waals surface area contributed by atoms with Crippen LogP contribution >= 0.6 is 11.3 Å². The number of aromatic nitrogens is 2. The van der Waals surface area contributed by atoms with Crippen molar-refractivity contribution >= 4 is 32.7 Å². The van der Waals surface area contributed by atoms with Gasteiger partial charge in [-0.3, -0.25) is 9.69 Å². The molecule has 3 heterocycles. The van der Waals surface area contributed by atoms with E-state index in [0.717, 1.165) is 54.1 Å². The zero-order chi connectivity index (χ0) is 16.4. The normalized spacial score (nSPS) is 19.4. The van der Waals surface area contributed by atoms with Gasteiger partial charge in [-0.05, 0) is 30.9 Å². The Labute approximate surface area is 145 Å². The lowest BCUT2D eigenvalue weighted by atomic mass is 9.85. The maximum Gasteiger partial charge on any atom is 0.234 e. The summed E-state index contributed by atoms with van der Waals surface area (Å²) in [5.41, 5.74) is 0.968. The van der Waals surface area contributed by atoms with E-state index in [0.29, 0.717) is 6.54 Å². The van der Waals surface area contributed by atoms with Gasteiger partial charge in [0.15, 0.2) is 5.13 Å². The Kier molecular flexibility index (Phi) is 4.62. The Hall–Kier alpha value is -1.73. The maximum atomic E-state index is 12.0. The number of hydrogen-bond acceptors (Lipinski definition) is 6. The Balaban J connectivity index is 1.26. The van der Waals surface area contributed by atoms with Gasteiger partial charge in [-0.25, -0.2) is 9.97 Å². The third-order valence-electron chi connectivity index (χ3n) is 4.98. The van der Waals surface area contributed by atoms with E-state index in [1.807, 2.05) is 18.3 Å². The van der Waals surface area contributed by atoms with Gasteiger partial charge in [0.1, 0.15) is 10.3 Å². The highest BCUT2D eigenvalue weighted by atomic mass is 32.1. The van der Waals surface area contributed by atoms with Crippen molar-refractivity contribution < 1.29 is 4.79 Å². The van der Waals surface area contributed by atoms with E-state index >= 15 is 0 Å². The first-order valence-electron chi connectivity index (χ1n) is 8.73. The quantitative estimate of drug-likeness (QED) is 0.894. The number of thiazole rings is 1. The fourth-order valence-electron chi connectivity index (χ4n) is 3.21. The predicted molar refractivity (Wildman–Crippen MR) is 96.4 cm³/mol. The lowest BCUT2D eigenvalue weighted by Gasteiger charge is -2.34. The monoisotopic (exact) mass is 345 g/mol. The van der Waals surface area contributed by atoms with E-state index < -0.39 is 0 Å². The SMILES string of the molecule is O=C(CN1CCN(c2nc3cccnc3s2)CC1)NCC1CCC1. The van der Waals surface area contributed by atoms with Crippen LogP contribution < -0.4 is 10.2 Å². The summed E-state index contributed by atoms with van der Waals surface area (Å²) in [5, 5.41) is 4.12. The standard InChI is InChI=1S/C17H23N5OS/c23-15(19-11-13-3-1-4-13)12-21-7-9-22(10-8-21)17-20-14-5-2-6-18-16(14)24-17/h2,5-6,13H,1,3-4,7-12H2,(H,19,23). The van der Waals surface area contributed by atoms with Crippen LogP contribution in [0.5, 0.6) is 0 Å². The molecule has 1 saturated heterocycles. The highest BCUT2D eigenvalue weighted by Crippen LogP contribution is 2.27. The molecule has 7 heteroatoms. The lowest BCUT2D eigenvalue weighted by molar-refractivity contribution is -0.122. The van der Waals surface area contributed by atoms with E-state index in [1.54, 1.807) is 11.3 Å². The van der Waals surface area contributed by atoms with Gasteiger partial charge in [0.05, 0.1) is 6.54 Å². The van der Waals surface area contributed by atoms with E-state index in [2.05, 4.69) is 25.1 Å². The molecule has 2 aliphatic rings. The molecule has 0 bridgehead atoms. The Morgan fingerprint density at radius 3 is 2.83 bits per heavy atom. The van der Waals surface area contributed by atoms with Crippen molar-refractivity contribution in [3.63, 3.8) is 0 Å². The third-order valence-corrected chi connectivity index (χ3v) is 6.02. The number of nitrogens with zero attached hydrogens (tertiary/aromatic N) is 4. The molecule has 0 unspecified atom stereocenters. The number of rotatable bonds is 5. The van der Waals surface area contributed by atoms with Crippen LogP contribution in [0, 0.1) is 5.92 Å². The molecule has 1 amide bonds. The number of amides is 1. The topological polar surface area (TPSA) is 61.4 Å². The Bertz CT molecular complexity index is 673. The first-order chi connectivity index (χ1) is 11.8. The average Bonchev–Trinajstić information content (AvgIpc) is 2.98. The Morgan fingerprint density at radius 2 is 2.12 bits per heavy atom. The van der Waals surface area contributed by atoms with E-state index in [1.165, 1.54) is 19.3 Å². The second-order valence-corrected chi connectivity index (χ2v) is 7.64. The molecule has 1 aliphatic heterocycles. The molecule has 4 rings (SSSR count). The molecule has 1 N–H and O–H groups in total. The highest BCUT2D eigenvalue weighted by Gasteiger charge is 2.22. The predicted octanol–water partition coefficient (Wildman–Crippen LogP) is 1.73. The summed E-state index contributed by atoms with van der Waals surface area (Å²) in [4.78, 5) is 26.6. The molecule has 2 fully saturated rings. The van der Waals surface area contributed by atoms with Crippen molar-refractivity contribution in [2.45, 2.75) is 19.3 Å². The van der Waals surface area contributed by atoms with Crippen LogP contribution in [0.3, 0.4) is 0 Å². The van der Waals surface area contributed by atoms with E-state index in [-0.39, 0.29) is 5.91 Å². The third kappa shape index (κ3) is 3.52. The number of carbonyl (C=O) groups excluding carboxylic acids is 1. The van der Waals surface area contributed by atoms with Gasteiger partial charge >= 0.3 is 0 Å². The molecule has 128 valence electrons. The largest absolute Gasteiger partial charge is 0.355 e. The van der Waals surface area contributed by atoms with Gasteiger partial charge < -0.3 is 10.2 Å². The average molecular weight is 345 g/mol. The molecule has 2 aromatic rings. The maximum absolute atomic E-state index is 12.0. The summed E-state index contributed by atoms with van der Waals surface area (Å²) in [7, 11) is 0. The van der Waals surface area contributed by atoms with Crippen LogP contribution in [0.1, 0.15) is 19.3 Å². The van der Waals surface area contributed by atoms with Gasteiger partial charge in [-0.1, -0.05) is 17.8 Å². The number of anilines is 1. The molecular weight excluding hydrogens is 322 g/mol. The van der Waals surface area contributed by atoms with Gasteiger partial charge in [0.2, 0.25) is 5.91 Å². The van der Waals surface area contributed by atoms with Crippen molar-refractivity contribution in [2.24, 2.45) is 5.92 Å². The van der Waals surface area contributed by atoms with Crippen molar-refractivity contribution in [3.8, 4) is 0 Å². The molecule has 24 heavy (non-hydrogen) atoms. The highest BCUT2D eigenvalue weighted by molar-refractivity contribution is 7.21. The van der Waals surface area contributed by atoms with Crippen LogP contribution in [0.15, 0.2) is 18.3 Å². The number of hydrogen-bond donors (Lipinski definition) is 1. The minimum absolute atomic E-state index is 0.166. The summed E-state index contributed by atoms with van der Waals surface area (Å²) in [5.74, 6) is 0.887. The van der Waals surface area contributed by atoms with Crippen LogP contribution in [0.2, 0.25) is 0 Å². The van der Waals surface area contributed by atoms with E-state index in [4.69, 9.17) is 0 Å². The number of pyridine rings is 1. The van der Waals surface area contributed by atoms with Crippen LogP contribution in [0.25, 0.3) is 10.3 Å².